The zero-order valence-corrected chi connectivity index (χ0v) is 16.4. The van der Waals surface area contributed by atoms with E-state index in [4.69, 9.17) is 0 Å². The second kappa shape index (κ2) is 8.04. The molecule has 1 aromatic heterocycles. The van der Waals surface area contributed by atoms with Crippen LogP contribution in [0, 0.1) is 0 Å². The van der Waals surface area contributed by atoms with Crippen LogP contribution in [0.2, 0.25) is 0 Å². The number of aromatic nitrogens is 2. The predicted molar refractivity (Wildman–Crippen MR) is 105 cm³/mol. The quantitative estimate of drug-likeness (QED) is 0.755. The van der Waals surface area contributed by atoms with Crippen LogP contribution in [0.25, 0.3) is 0 Å². The number of nitrogens with zero attached hydrogens (tertiary/aromatic N) is 4. The van der Waals surface area contributed by atoms with Gasteiger partial charge in [-0.25, -0.2) is 18.4 Å². The van der Waals surface area contributed by atoms with Crippen LogP contribution in [0.4, 0.5) is 11.6 Å². The molecule has 1 amide bonds. The minimum atomic E-state index is -3.05. The van der Waals surface area contributed by atoms with Gasteiger partial charge in [-0.05, 0) is 32.4 Å². The Morgan fingerprint density at radius 2 is 1.78 bits per heavy atom. The third kappa shape index (κ3) is 4.27. The van der Waals surface area contributed by atoms with E-state index in [2.05, 4.69) is 9.97 Å². The molecule has 144 valence electrons. The van der Waals surface area contributed by atoms with Gasteiger partial charge >= 0.3 is 0 Å². The summed E-state index contributed by atoms with van der Waals surface area (Å²) in [7, 11) is -3.05. The Bertz CT molecular complexity index is 885. The summed E-state index contributed by atoms with van der Waals surface area (Å²) in [6, 6.07) is 9.53. The number of sulfone groups is 1. The van der Waals surface area contributed by atoms with Crippen molar-refractivity contribution in [1.82, 2.24) is 14.9 Å². The van der Waals surface area contributed by atoms with E-state index in [1.165, 1.54) is 12.4 Å². The van der Waals surface area contributed by atoms with Crippen LogP contribution in [-0.4, -0.2) is 59.8 Å². The van der Waals surface area contributed by atoms with E-state index in [0.717, 1.165) is 5.69 Å². The summed E-state index contributed by atoms with van der Waals surface area (Å²) < 4.78 is 23.5. The standard InChI is InChI=1S/C19H24N4O3S/c1-3-22(17-10-11-27(25,26)14-17)18(24)15-12-20-19(21-13-15)23(4-2)16-8-6-5-7-9-16/h5-9,12-13,17H,3-4,10-11,14H2,1-2H3. The fraction of sp³-hybridized carbons (Fsp3) is 0.421. The average Bonchev–Trinajstić information content (AvgIpc) is 3.04. The maximum atomic E-state index is 12.8. The van der Waals surface area contributed by atoms with Crippen LogP contribution in [-0.2, 0) is 9.84 Å². The van der Waals surface area contributed by atoms with Gasteiger partial charge in [-0.15, -0.1) is 0 Å². The zero-order chi connectivity index (χ0) is 19.4. The molecule has 0 bridgehead atoms. The lowest BCUT2D eigenvalue weighted by atomic mass is 10.2. The number of carbonyl (C=O) groups is 1. The Morgan fingerprint density at radius 1 is 1.11 bits per heavy atom. The van der Waals surface area contributed by atoms with Gasteiger partial charge in [0.15, 0.2) is 9.84 Å². The Morgan fingerprint density at radius 3 is 2.30 bits per heavy atom. The molecule has 3 rings (SSSR count). The van der Waals surface area contributed by atoms with Gasteiger partial charge < -0.3 is 9.80 Å². The number of hydrogen-bond acceptors (Lipinski definition) is 6. The number of carbonyl (C=O) groups excluding carboxylic acids is 1. The van der Waals surface area contributed by atoms with Crippen LogP contribution >= 0.6 is 0 Å². The van der Waals surface area contributed by atoms with Gasteiger partial charge in [-0.2, -0.15) is 0 Å². The molecule has 2 aromatic rings. The molecule has 1 unspecified atom stereocenters. The highest BCUT2D eigenvalue weighted by molar-refractivity contribution is 7.91. The monoisotopic (exact) mass is 388 g/mol. The summed E-state index contributed by atoms with van der Waals surface area (Å²) in [6.07, 6.45) is 3.52. The Hall–Kier alpha value is -2.48. The Labute approximate surface area is 160 Å². The van der Waals surface area contributed by atoms with E-state index < -0.39 is 9.84 Å². The van der Waals surface area contributed by atoms with Crippen molar-refractivity contribution in [3.63, 3.8) is 0 Å². The van der Waals surface area contributed by atoms with Gasteiger partial charge in [-0.1, -0.05) is 18.2 Å². The van der Waals surface area contributed by atoms with E-state index >= 15 is 0 Å². The third-order valence-corrected chi connectivity index (χ3v) is 6.51. The van der Waals surface area contributed by atoms with Crippen LogP contribution < -0.4 is 4.90 Å². The van der Waals surface area contributed by atoms with Crippen molar-refractivity contribution in [2.24, 2.45) is 0 Å². The number of benzene rings is 1. The van der Waals surface area contributed by atoms with Crippen LogP contribution in [0.15, 0.2) is 42.7 Å². The van der Waals surface area contributed by atoms with Gasteiger partial charge in [0, 0.05) is 37.2 Å². The maximum absolute atomic E-state index is 12.8. The molecule has 1 aliphatic heterocycles. The molecular formula is C19H24N4O3S. The number of anilines is 2. The smallest absolute Gasteiger partial charge is 0.257 e. The fourth-order valence-electron chi connectivity index (χ4n) is 3.37. The molecule has 2 heterocycles. The van der Waals surface area contributed by atoms with E-state index in [1.807, 2.05) is 49.1 Å². The second-order valence-electron chi connectivity index (χ2n) is 6.50. The molecule has 0 saturated carbocycles. The van der Waals surface area contributed by atoms with Gasteiger partial charge in [-0.3, -0.25) is 4.79 Å². The lowest BCUT2D eigenvalue weighted by molar-refractivity contribution is 0.0707. The van der Waals surface area contributed by atoms with Gasteiger partial charge in [0.1, 0.15) is 0 Å². The molecule has 27 heavy (non-hydrogen) atoms. The molecule has 0 aliphatic carbocycles. The number of rotatable bonds is 6. The molecule has 8 heteroatoms. The van der Waals surface area contributed by atoms with Crippen molar-refractivity contribution in [2.75, 3.05) is 29.5 Å². The number of para-hydroxylation sites is 1. The van der Waals surface area contributed by atoms with Crippen molar-refractivity contribution in [3.8, 4) is 0 Å². The van der Waals surface area contributed by atoms with Crippen LogP contribution in [0.3, 0.4) is 0 Å². The second-order valence-corrected chi connectivity index (χ2v) is 8.73. The first-order chi connectivity index (χ1) is 12.9. The predicted octanol–water partition coefficient (Wildman–Crippen LogP) is 2.28. The van der Waals surface area contributed by atoms with E-state index in [9.17, 15) is 13.2 Å². The molecule has 1 aromatic carbocycles. The summed E-state index contributed by atoms with van der Waals surface area (Å²) in [4.78, 5) is 25.1. The van der Waals surface area contributed by atoms with E-state index in [1.54, 1.807) is 4.90 Å². The highest BCUT2D eigenvalue weighted by Crippen LogP contribution is 2.22. The molecule has 0 N–H and O–H groups in total. The normalized spacial score (nSPS) is 18.2. The number of hydrogen-bond donors (Lipinski definition) is 0. The van der Waals surface area contributed by atoms with Crippen molar-refractivity contribution < 1.29 is 13.2 Å². The van der Waals surface area contributed by atoms with E-state index in [-0.39, 0.29) is 23.5 Å². The number of amides is 1. The SMILES string of the molecule is CCN(c1ccccc1)c1ncc(C(=O)N(CC)C2CCS(=O)(=O)C2)cn1. The molecule has 1 atom stereocenters. The lowest BCUT2D eigenvalue weighted by Crippen LogP contribution is -2.41. The first kappa shape index (κ1) is 19.3. The van der Waals surface area contributed by atoms with Crippen molar-refractivity contribution in [3.05, 3.63) is 48.3 Å². The lowest BCUT2D eigenvalue weighted by Gasteiger charge is -2.27. The Balaban J connectivity index is 1.78. The first-order valence-corrected chi connectivity index (χ1v) is 10.9. The highest BCUT2D eigenvalue weighted by Gasteiger charge is 2.34. The highest BCUT2D eigenvalue weighted by atomic mass is 32.2. The minimum Gasteiger partial charge on any atom is -0.335 e. The summed E-state index contributed by atoms with van der Waals surface area (Å²) in [5.74, 6) is 0.461. The first-order valence-electron chi connectivity index (χ1n) is 9.11. The van der Waals surface area contributed by atoms with Gasteiger partial charge in [0.05, 0.1) is 17.1 Å². The summed E-state index contributed by atoms with van der Waals surface area (Å²) in [6.45, 7) is 5.01. The van der Waals surface area contributed by atoms with Crippen LogP contribution in [0.5, 0.6) is 0 Å². The molecular weight excluding hydrogens is 364 g/mol. The van der Waals surface area contributed by atoms with Crippen molar-refractivity contribution in [1.29, 1.82) is 0 Å². The molecule has 0 spiro atoms. The molecule has 1 aliphatic rings. The van der Waals surface area contributed by atoms with Gasteiger partial charge in [0.25, 0.3) is 5.91 Å². The minimum absolute atomic E-state index is 0.0309. The molecule has 0 radical (unpaired) electrons. The third-order valence-electron chi connectivity index (χ3n) is 4.76. The molecule has 1 saturated heterocycles. The molecule has 7 nitrogen and oxygen atoms in total. The maximum Gasteiger partial charge on any atom is 0.257 e. The van der Waals surface area contributed by atoms with E-state index in [0.29, 0.717) is 31.0 Å². The van der Waals surface area contributed by atoms with Crippen LogP contribution in [0.1, 0.15) is 30.6 Å². The van der Waals surface area contributed by atoms with Gasteiger partial charge in [0.2, 0.25) is 5.95 Å². The fourth-order valence-corrected chi connectivity index (χ4v) is 5.10. The zero-order valence-electron chi connectivity index (χ0n) is 15.6. The summed E-state index contributed by atoms with van der Waals surface area (Å²) in [5, 5.41) is 0. The molecule has 1 fully saturated rings. The largest absolute Gasteiger partial charge is 0.335 e. The Kier molecular flexibility index (Phi) is 5.74. The topological polar surface area (TPSA) is 83.5 Å². The van der Waals surface area contributed by atoms with Crippen molar-refractivity contribution in [2.45, 2.75) is 26.3 Å². The summed E-state index contributed by atoms with van der Waals surface area (Å²) >= 11 is 0. The average molecular weight is 388 g/mol. The summed E-state index contributed by atoms with van der Waals surface area (Å²) in [5.41, 5.74) is 1.35. The van der Waals surface area contributed by atoms with Crippen molar-refractivity contribution >= 4 is 27.4 Å².